The van der Waals surface area contributed by atoms with Crippen LogP contribution in [0.1, 0.15) is 17.3 Å². The third-order valence-corrected chi connectivity index (χ3v) is 2.68. The van der Waals surface area contributed by atoms with Gasteiger partial charge in [-0.15, -0.1) is 0 Å². The lowest BCUT2D eigenvalue weighted by atomic mass is 10.0. The molecule has 0 fully saturated rings. The van der Waals surface area contributed by atoms with Crippen molar-refractivity contribution in [2.45, 2.75) is 12.5 Å². The maximum absolute atomic E-state index is 13.0. The predicted octanol–water partition coefficient (Wildman–Crippen LogP) is 1.09. The van der Waals surface area contributed by atoms with Crippen LogP contribution in [-0.4, -0.2) is 34.9 Å². The number of nitrogens with one attached hydrogen (secondary N) is 1. The van der Waals surface area contributed by atoms with Crippen molar-refractivity contribution in [3.05, 3.63) is 34.4 Å². The number of aliphatic hydroxyl groups excluding tert-OH is 2. The standard InChI is InChI=1S/C11H12ClF2NO3/c1-11(4-16,5-17)15-10(18)6-2-8(13)9(14)3-7(6)12/h2-3,16-17H,4-5H2,1H3,(H,15,18). The van der Waals surface area contributed by atoms with E-state index in [1.54, 1.807) is 0 Å². The molecule has 0 aliphatic heterocycles. The maximum Gasteiger partial charge on any atom is 0.253 e. The van der Waals surface area contributed by atoms with Crippen LogP contribution >= 0.6 is 11.6 Å². The SMILES string of the molecule is CC(CO)(CO)NC(=O)c1cc(F)c(F)cc1Cl. The molecule has 1 amide bonds. The zero-order valence-corrected chi connectivity index (χ0v) is 10.3. The van der Waals surface area contributed by atoms with Crippen molar-refractivity contribution in [1.29, 1.82) is 0 Å². The number of hydrogen-bond acceptors (Lipinski definition) is 3. The molecule has 1 aromatic rings. The van der Waals surface area contributed by atoms with Crippen LogP contribution in [0.15, 0.2) is 12.1 Å². The van der Waals surface area contributed by atoms with Crippen LogP contribution in [0.5, 0.6) is 0 Å². The summed E-state index contributed by atoms with van der Waals surface area (Å²) in [5.74, 6) is -3.19. The molecule has 1 rings (SSSR count). The molecule has 4 nitrogen and oxygen atoms in total. The Morgan fingerprint density at radius 1 is 1.33 bits per heavy atom. The van der Waals surface area contributed by atoms with Crippen LogP contribution < -0.4 is 5.32 Å². The molecule has 0 aliphatic rings. The number of benzene rings is 1. The highest BCUT2D eigenvalue weighted by Crippen LogP contribution is 2.20. The van der Waals surface area contributed by atoms with Crippen molar-refractivity contribution in [2.24, 2.45) is 0 Å². The van der Waals surface area contributed by atoms with Gasteiger partial charge in [-0.3, -0.25) is 4.79 Å². The number of halogens is 3. The molecule has 0 saturated heterocycles. The van der Waals surface area contributed by atoms with E-state index in [1.807, 2.05) is 0 Å². The van der Waals surface area contributed by atoms with E-state index in [0.29, 0.717) is 12.1 Å². The second-order valence-corrected chi connectivity index (χ2v) is 4.48. The molecule has 0 saturated carbocycles. The first-order valence-corrected chi connectivity index (χ1v) is 5.39. The fourth-order valence-electron chi connectivity index (χ4n) is 1.17. The molecule has 18 heavy (non-hydrogen) atoms. The Kier molecular flexibility index (Phi) is 4.61. The van der Waals surface area contributed by atoms with Crippen molar-refractivity contribution in [2.75, 3.05) is 13.2 Å². The highest BCUT2D eigenvalue weighted by Gasteiger charge is 2.26. The lowest BCUT2D eigenvalue weighted by Gasteiger charge is -2.26. The van der Waals surface area contributed by atoms with Gasteiger partial charge in [0, 0.05) is 0 Å². The Bertz CT molecular complexity index is 464. The van der Waals surface area contributed by atoms with Crippen molar-refractivity contribution in [1.82, 2.24) is 5.32 Å². The minimum Gasteiger partial charge on any atom is -0.394 e. The Morgan fingerprint density at radius 3 is 2.33 bits per heavy atom. The summed E-state index contributed by atoms with van der Waals surface area (Å²) in [5.41, 5.74) is -1.55. The third kappa shape index (κ3) is 3.16. The summed E-state index contributed by atoms with van der Waals surface area (Å²) in [4.78, 5) is 11.8. The number of hydrogen-bond donors (Lipinski definition) is 3. The molecule has 3 N–H and O–H groups in total. The molecule has 0 radical (unpaired) electrons. The molecule has 0 atom stereocenters. The minimum absolute atomic E-state index is 0.260. The molecule has 1 aromatic carbocycles. The molecule has 0 heterocycles. The van der Waals surface area contributed by atoms with Gasteiger partial charge in [-0.25, -0.2) is 8.78 Å². The van der Waals surface area contributed by atoms with Gasteiger partial charge < -0.3 is 15.5 Å². The van der Waals surface area contributed by atoms with Gasteiger partial charge in [0.25, 0.3) is 5.91 Å². The molecule has 0 spiro atoms. The molecule has 0 unspecified atom stereocenters. The van der Waals surface area contributed by atoms with Crippen LogP contribution in [0, 0.1) is 11.6 Å². The van der Waals surface area contributed by atoms with E-state index < -0.39 is 36.3 Å². The van der Waals surface area contributed by atoms with E-state index in [-0.39, 0.29) is 10.6 Å². The van der Waals surface area contributed by atoms with Crippen LogP contribution in [-0.2, 0) is 0 Å². The normalized spacial score (nSPS) is 11.4. The van der Waals surface area contributed by atoms with Crippen molar-refractivity contribution < 1.29 is 23.8 Å². The van der Waals surface area contributed by atoms with E-state index in [9.17, 15) is 13.6 Å². The lowest BCUT2D eigenvalue weighted by Crippen LogP contribution is -2.51. The Hall–Kier alpha value is -1.24. The van der Waals surface area contributed by atoms with Gasteiger partial charge in [0.1, 0.15) is 0 Å². The fraction of sp³-hybridized carbons (Fsp3) is 0.364. The molecule has 0 bridgehead atoms. The molecule has 7 heteroatoms. The second-order valence-electron chi connectivity index (χ2n) is 4.08. The number of amides is 1. The molecule has 0 aliphatic carbocycles. The molecular weight excluding hydrogens is 268 g/mol. The van der Waals surface area contributed by atoms with Gasteiger partial charge in [-0.05, 0) is 19.1 Å². The van der Waals surface area contributed by atoms with Gasteiger partial charge in [-0.1, -0.05) is 11.6 Å². The fourth-order valence-corrected chi connectivity index (χ4v) is 1.40. The summed E-state index contributed by atoms with van der Waals surface area (Å²) in [6.07, 6.45) is 0. The summed E-state index contributed by atoms with van der Waals surface area (Å²) in [5, 5.41) is 20.0. The smallest absolute Gasteiger partial charge is 0.253 e. The Balaban J connectivity index is 3.01. The summed E-state index contributed by atoms with van der Waals surface area (Å²) >= 11 is 5.62. The van der Waals surface area contributed by atoms with E-state index in [4.69, 9.17) is 21.8 Å². The average Bonchev–Trinajstić information content (AvgIpc) is 2.33. The van der Waals surface area contributed by atoms with Crippen molar-refractivity contribution in [3.8, 4) is 0 Å². The largest absolute Gasteiger partial charge is 0.394 e. The minimum atomic E-state index is -1.27. The highest BCUT2D eigenvalue weighted by atomic mass is 35.5. The van der Waals surface area contributed by atoms with Gasteiger partial charge >= 0.3 is 0 Å². The van der Waals surface area contributed by atoms with Crippen LogP contribution in [0.25, 0.3) is 0 Å². The number of carbonyl (C=O) groups excluding carboxylic acids is 1. The quantitative estimate of drug-likeness (QED) is 0.723. The Labute approximate surface area is 107 Å². The van der Waals surface area contributed by atoms with E-state index in [1.165, 1.54) is 6.92 Å². The summed E-state index contributed by atoms with van der Waals surface area (Å²) in [6, 6.07) is 1.34. The number of rotatable bonds is 4. The van der Waals surface area contributed by atoms with Gasteiger partial charge in [-0.2, -0.15) is 0 Å². The van der Waals surface area contributed by atoms with Crippen LogP contribution in [0.3, 0.4) is 0 Å². The number of carbonyl (C=O) groups is 1. The van der Waals surface area contributed by atoms with Crippen LogP contribution in [0.2, 0.25) is 5.02 Å². The van der Waals surface area contributed by atoms with Crippen molar-refractivity contribution >= 4 is 17.5 Å². The highest BCUT2D eigenvalue weighted by molar-refractivity contribution is 6.33. The Morgan fingerprint density at radius 2 is 1.83 bits per heavy atom. The molecule has 0 aromatic heterocycles. The van der Waals surface area contributed by atoms with Crippen LogP contribution in [0.4, 0.5) is 8.78 Å². The van der Waals surface area contributed by atoms with Crippen molar-refractivity contribution in [3.63, 3.8) is 0 Å². The first-order valence-electron chi connectivity index (χ1n) is 5.02. The van der Waals surface area contributed by atoms with Gasteiger partial charge in [0.2, 0.25) is 0 Å². The summed E-state index contributed by atoms with van der Waals surface area (Å²) in [6.45, 7) is 0.353. The monoisotopic (exact) mass is 279 g/mol. The van der Waals surface area contributed by atoms with Gasteiger partial charge in [0.15, 0.2) is 11.6 Å². The number of aliphatic hydroxyl groups is 2. The zero-order valence-electron chi connectivity index (χ0n) is 9.51. The summed E-state index contributed by atoms with van der Waals surface area (Å²) in [7, 11) is 0. The van der Waals surface area contributed by atoms with E-state index in [2.05, 4.69) is 5.32 Å². The average molecular weight is 280 g/mol. The summed E-state index contributed by atoms with van der Waals surface area (Å²) < 4.78 is 25.8. The maximum atomic E-state index is 13.0. The first-order chi connectivity index (χ1) is 8.33. The molecule has 100 valence electrons. The topological polar surface area (TPSA) is 69.6 Å². The zero-order chi connectivity index (χ0) is 13.9. The predicted molar refractivity (Wildman–Crippen MR) is 61.4 cm³/mol. The van der Waals surface area contributed by atoms with Gasteiger partial charge in [0.05, 0.1) is 29.3 Å². The lowest BCUT2D eigenvalue weighted by molar-refractivity contribution is 0.0723. The first kappa shape index (κ1) is 14.8. The molecular formula is C11H12ClF2NO3. The van der Waals surface area contributed by atoms with E-state index >= 15 is 0 Å². The third-order valence-electron chi connectivity index (χ3n) is 2.37. The van der Waals surface area contributed by atoms with E-state index in [0.717, 1.165) is 0 Å². The second kappa shape index (κ2) is 5.60.